The number of benzene rings is 2. The molecule has 0 saturated carbocycles. The number of carbonyl (C=O) groups excluding carboxylic acids is 1. The third kappa shape index (κ3) is 3.69. The van der Waals surface area contributed by atoms with E-state index in [1.807, 2.05) is 0 Å². The molecule has 1 amide bonds. The lowest BCUT2D eigenvalue weighted by atomic mass is 10.2. The van der Waals surface area contributed by atoms with Crippen molar-refractivity contribution in [1.82, 2.24) is 4.57 Å². The summed E-state index contributed by atoms with van der Waals surface area (Å²) in [6, 6.07) is 10.4. The fraction of sp³-hybridized carbons (Fsp3) is 0.125. The molecule has 0 aliphatic heterocycles. The van der Waals surface area contributed by atoms with Crippen molar-refractivity contribution >= 4 is 40.0 Å². The third-order valence-corrected chi connectivity index (χ3v) is 3.77. The summed E-state index contributed by atoms with van der Waals surface area (Å²) in [4.78, 5) is 34.1. The Hall–Kier alpha value is -3.13. The number of aromatic nitrogens is 1. The van der Waals surface area contributed by atoms with Gasteiger partial charge < -0.3 is 9.73 Å². The van der Waals surface area contributed by atoms with Gasteiger partial charge in [0.1, 0.15) is 0 Å². The first-order chi connectivity index (χ1) is 11.9. The predicted molar refractivity (Wildman–Crippen MR) is 91.8 cm³/mol. The lowest BCUT2D eigenvalue weighted by Gasteiger charge is -2.05. The highest BCUT2D eigenvalue weighted by atomic mass is 35.5. The zero-order valence-electron chi connectivity index (χ0n) is 12.8. The maximum absolute atomic E-state index is 12.0. The standard InChI is InChI=1S/C16H12ClN3O5/c17-10-4-5-13-14(8-10)25-16(22)19(13)7-6-15(21)18-11-2-1-3-12(9-11)20(23)24/h1-5,8-9H,6-7H2,(H,18,21). The minimum absolute atomic E-state index is 0.000141. The first-order valence-corrected chi connectivity index (χ1v) is 7.65. The summed E-state index contributed by atoms with van der Waals surface area (Å²) in [6.07, 6.45) is -0.000141. The second-order valence-corrected chi connectivity index (χ2v) is 5.67. The van der Waals surface area contributed by atoms with Crippen molar-refractivity contribution in [1.29, 1.82) is 0 Å². The minimum atomic E-state index is -0.583. The van der Waals surface area contributed by atoms with Crippen LogP contribution in [0, 0.1) is 10.1 Å². The van der Waals surface area contributed by atoms with Gasteiger partial charge in [-0.1, -0.05) is 17.7 Å². The molecule has 1 N–H and O–H groups in total. The summed E-state index contributed by atoms with van der Waals surface area (Å²) in [7, 11) is 0. The molecule has 0 fully saturated rings. The van der Waals surface area contributed by atoms with Gasteiger partial charge in [-0.3, -0.25) is 19.5 Å². The molecule has 0 unspecified atom stereocenters. The largest absolute Gasteiger partial charge is 0.419 e. The van der Waals surface area contributed by atoms with E-state index in [9.17, 15) is 19.7 Å². The molecule has 128 valence electrons. The summed E-state index contributed by atoms with van der Waals surface area (Å²) in [6.45, 7) is 0.105. The molecule has 3 rings (SSSR count). The molecule has 1 aromatic heterocycles. The molecule has 2 aromatic carbocycles. The second kappa shape index (κ2) is 6.78. The Bertz CT molecular complexity index is 1020. The molecule has 0 aliphatic carbocycles. The fourth-order valence-electron chi connectivity index (χ4n) is 2.39. The monoisotopic (exact) mass is 361 g/mol. The van der Waals surface area contributed by atoms with Crippen LogP contribution in [0.25, 0.3) is 11.1 Å². The molecule has 0 spiro atoms. The number of non-ortho nitro benzene ring substituents is 1. The van der Waals surface area contributed by atoms with Crippen LogP contribution in [-0.2, 0) is 11.3 Å². The topological polar surface area (TPSA) is 107 Å². The van der Waals surface area contributed by atoms with E-state index in [2.05, 4.69) is 5.32 Å². The summed E-state index contributed by atoms with van der Waals surface area (Å²) in [5, 5.41) is 13.7. The van der Waals surface area contributed by atoms with Gasteiger partial charge in [-0.05, 0) is 18.2 Å². The number of aryl methyl sites for hydroxylation is 1. The van der Waals surface area contributed by atoms with Crippen molar-refractivity contribution in [2.24, 2.45) is 0 Å². The van der Waals surface area contributed by atoms with Crippen molar-refractivity contribution in [3.63, 3.8) is 0 Å². The number of fused-ring (bicyclic) bond motifs is 1. The highest BCUT2D eigenvalue weighted by molar-refractivity contribution is 6.31. The smallest absolute Gasteiger partial charge is 0.408 e. The first-order valence-electron chi connectivity index (χ1n) is 7.27. The molecule has 0 saturated heterocycles. The Labute approximate surface area is 145 Å². The van der Waals surface area contributed by atoms with Crippen LogP contribution < -0.4 is 11.1 Å². The molecule has 8 nitrogen and oxygen atoms in total. The number of hydrogen-bond donors (Lipinski definition) is 1. The van der Waals surface area contributed by atoms with Crippen LogP contribution in [0.15, 0.2) is 51.7 Å². The predicted octanol–water partition coefficient (Wildman–Crippen LogP) is 3.18. The van der Waals surface area contributed by atoms with E-state index in [-0.39, 0.29) is 24.6 Å². The van der Waals surface area contributed by atoms with Crippen LogP contribution in [0.3, 0.4) is 0 Å². The molecule has 0 atom stereocenters. The minimum Gasteiger partial charge on any atom is -0.408 e. The van der Waals surface area contributed by atoms with Crippen molar-refractivity contribution in [2.75, 3.05) is 5.32 Å². The van der Waals surface area contributed by atoms with Crippen LogP contribution in [0.2, 0.25) is 5.02 Å². The van der Waals surface area contributed by atoms with E-state index in [0.29, 0.717) is 21.8 Å². The highest BCUT2D eigenvalue weighted by Crippen LogP contribution is 2.19. The van der Waals surface area contributed by atoms with Crippen molar-refractivity contribution in [2.45, 2.75) is 13.0 Å². The summed E-state index contributed by atoms with van der Waals surface area (Å²) in [5.74, 6) is -0.962. The summed E-state index contributed by atoms with van der Waals surface area (Å²) >= 11 is 5.85. The lowest BCUT2D eigenvalue weighted by Crippen LogP contribution is -2.19. The average Bonchev–Trinajstić information content (AvgIpc) is 2.87. The number of anilines is 1. The number of halogens is 1. The maximum atomic E-state index is 12.0. The molecule has 1 heterocycles. The normalized spacial score (nSPS) is 10.8. The van der Waals surface area contributed by atoms with Crippen molar-refractivity contribution < 1.29 is 14.1 Å². The van der Waals surface area contributed by atoms with Crippen LogP contribution in [-0.4, -0.2) is 15.4 Å². The zero-order valence-corrected chi connectivity index (χ0v) is 13.5. The fourth-order valence-corrected chi connectivity index (χ4v) is 2.55. The lowest BCUT2D eigenvalue weighted by molar-refractivity contribution is -0.384. The van der Waals surface area contributed by atoms with Gasteiger partial charge in [-0.2, -0.15) is 0 Å². The van der Waals surface area contributed by atoms with Crippen molar-refractivity contribution in [3.05, 3.63) is 68.2 Å². The highest BCUT2D eigenvalue weighted by Gasteiger charge is 2.12. The Balaban J connectivity index is 1.71. The Kier molecular flexibility index (Phi) is 4.53. The number of amides is 1. The average molecular weight is 362 g/mol. The number of nitro benzene ring substituents is 1. The van der Waals surface area contributed by atoms with E-state index in [1.165, 1.54) is 28.8 Å². The van der Waals surface area contributed by atoms with Crippen molar-refractivity contribution in [3.8, 4) is 0 Å². The molecular formula is C16H12ClN3O5. The zero-order chi connectivity index (χ0) is 18.0. The summed E-state index contributed by atoms with van der Waals surface area (Å²) in [5.41, 5.74) is 1.08. The van der Waals surface area contributed by atoms with E-state index in [4.69, 9.17) is 16.0 Å². The third-order valence-electron chi connectivity index (χ3n) is 3.53. The Morgan fingerprint density at radius 2 is 2.08 bits per heavy atom. The van der Waals surface area contributed by atoms with E-state index >= 15 is 0 Å². The molecule has 0 radical (unpaired) electrons. The number of nitrogens with zero attached hydrogens (tertiary/aromatic N) is 2. The van der Waals surface area contributed by atoms with Crippen LogP contribution in [0.4, 0.5) is 11.4 Å². The number of carbonyl (C=O) groups is 1. The number of nitro groups is 1. The van der Waals surface area contributed by atoms with E-state index in [0.717, 1.165) is 0 Å². The van der Waals surface area contributed by atoms with E-state index < -0.39 is 10.7 Å². The van der Waals surface area contributed by atoms with Gasteiger partial charge >= 0.3 is 5.76 Å². The van der Waals surface area contributed by atoms with Crippen LogP contribution in [0.5, 0.6) is 0 Å². The van der Waals surface area contributed by atoms with Gasteiger partial charge in [-0.15, -0.1) is 0 Å². The SMILES string of the molecule is O=C(CCn1c(=O)oc2cc(Cl)ccc21)Nc1cccc([N+](=O)[O-])c1. The Morgan fingerprint density at radius 1 is 1.28 bits per heavy atom. The first kappa shape index (κ1) is 16.7. The van der Waals surface area contributed by atoms with Crippen LogP contribution >= 0.6 is 11.6 Å². The summed E-state index contributed by atoms with van der Waals surface area (Å²) < 4.78 is 6.42. The number of hydrogen-bond acceptors (Lipinski definition) is 5. The molecule has 3 aromatic rings. The number of rotatable bonds is 5. The molecular weight excluding hydrogens is 350 g/mol. The van der Waals surface area contributed by atoms with Gasteiger partial charge in [0, 0.05) is 41.9 Å². The van der Waals surface area contributed by atoms with Gasteiger partial charge in [0.15, 0.2) is 5.58 Å². The second-order valence-electron chi connectivity index (χ2n) is 5.24. The van der Waals surface area contributed by atoms with Gasteiger partial charge in [0.05, 0.1) is 10.4 Å². The molecule has 9 heteroatoms. The molecule has 25 heavy (non-hydrogen) atoms. The number of oxazole rings is 1. The van der Waals surface area contributed by atoms with Crippen LogP contribution in [0.1, 0.15) is 6.42 Å². The quantitative estimate of drug-likeness (QED) is 0.554. The van der Waals surface area contributed by atoms with Gasteiger partial charge in [0.2, 0.25) is 5.91 Å². The maximum Gasteiger partial charge on any atom is 0.419 e. The number of nitrogens with one attached hydrogen (secondary N) is 1. The Morgan fingerprint density at radius 3 is 2.84 bits per heavy atom. The van der Waals surface area contributed by atoms with E-state index in [1.54, 1.807) is 18.2 Å². The van der Waals surface area contributed by atoms with Gasteiger partial charge in [-0.25, -0.2) is 4.79 Å². The molecule has 0 aliphatic rings. The molecule has 0 bridgehead atoms. The van der Waals surface area contributed by atoms with Gasteiger partial charge in [0.25, 0.3) is 5.69 Å².